The maximum atomic E-state index is 5.47. The van der Waals surface area contributed by atoms with Gasteiger partial charge in [0, 0.05) is 13.1 Å². The second kappa shape index (κ2) is 5.12. The van der Waals surface area contributed by atoms with Crippen molar-refractivity contribution < 1.29 is 0 Å². The lowest BCUT2D eigenvalue weighted by Gasteiger charge is -2.28. The summed E-state index contributed by atoms with van der Waals surface area (Å²) in [6, 6.07) is 3.59. The Morgan fingerprint density at radius 2 is 2.00 bits per heavy atom. The molecule has 0 aliphatic rings. The monoisotopic (exact) mass is 223 g/mol. The van der Waals surface area contributed by atoms with Crippen LogP contribution in [-0.4, -0.2) is 42.3 Å². The maximum absolute atomic E-state index is 5.47. The molecule has 5 heteroatoms. The zero-order chi connectivity index (χ0) is 12.2. The van der Waals surface area contributed by atoms with Gasteiger partial charge in [0.1, 0.15) is 11.6 Å². The van der Waals surface area contributed by atoms with Crippen molar-refractivity contribution in [2.24, 2.45) is 5.41 Å². The third-order valence-electron chi connectivity index (χ3n) is 2.18. The van der Waals surface area contributed by atoms with Gasteiger partial charge in [-0.3, -0.25) is 0 Å². The first-order chi connectivity index (χ1) is 7.39. The van der Waals surface area contributed by atoms with E-state index >= 15 is 0 Å². The predicted octanol–water partition coefficient (Wildman–Crippen LogP) is 1.06. The normalized spacial score (nSPS) is 11.8. The van der Waals surface area contributed by atoms with Crippen molar-refractivity contribution >= 4 is 11.6 Å². The third-order valence-corrected chi connectivity index (χ3v) is 2.18. The minimum atomic E-state index is 0.187. The minimum absolute atomic E-state index is 0.187. The highest BCUT2D eigenvalue weighted by molar-refractivity contribution is 5.38. The van der Waals surface area contributed by atoms with Crippen LogP contribution < -0.4 is 11.1 Å². The van der Waals surface area contributed by atoms with Crippen molar-refractivity contribution in [2.75, 3.05) is 38.2 Å². The SMILES string of the molecule is CN(C)CC(C)(C)CNc1ccc(N)nn1. The fraction of sp³-hybridized carbons (Fsp3) is 0.636. The third kappa shape index (κ3) is 4.44. The van der Waals surface area contributed by atoms with E-state index in [0.717, 1.165) is 18.9 Å². The van der Waals surface area contributed by atoms with Gasteiger partial charge >= 0.3 is 0 Å². The first-order valence-corrected chi connectivity index (χ1v) is 5.37. The molecule has 16 heavy (non-hydrogen) atoms. The number of nitrogens with two attached hydrogens (primary N) is 1. The molecule has 0 amide bonds. The van der Waals surface area contributed by atoms with Gasteiger partial charge in [0.05, 0.1) is 0 Å². The second-order valence-electron chi connectivity index (χ2n) is 5.10. The molecule has 5 nitrogen and oxygen atoms in total. The summed E-state index contributed by atoms with van der Waals surface area (Å²) in [5.41, 5.74) is 5.65. The maximum Gasteiger partial charge on any atom is 0.148 e. The van der Waals surface area contributed by atoms with Gasteiger partial charge in [-0.25, -0.2) is 0 Å². The van der Waals surface area contributed by atoms with E-state index in [-0.39, 0.29) is 5.41 Å². The van der Waals surface area contributed by atoms with Crippen molar-refractivity contribution in [2.45, 2.75) is 13.8 Å². The van der Waals surface area contributed by atoms with Gasteiger partial charge in [-0.2, -0.15) is 0 Å². The number of anilines is 2. The van der Waals surface area contributed by atoms with Crippen LogP contribution in [0.4, 0.5) is 11.6 Å². The van der Waals surface area contributed by atoms with Crippen LogP contribution in [0.15, 0.2) is 12.1 Å². The first kappa shape index (κ1) is 12.7. The molecular weight excluding hydrogens is 202 g/mol. The lowest BCUT2D eigenvalue weighted by Crippen LogP contribution is -2.34. The summed E-state index contributed by atoms with van der Waals surface area (Å²) in [4.78, 5) is 2.18. The average molecular weight is 223 g/mol. The van der Waals surface area contributed by atoms with Gasteiger partial charge in [0.2, 0.25) is 0 Å². The molecule has 0 aliphatic carbocycles. The molecule has 90 valence electrons. The average Bonchev–Trinajstić information content (AvgIpc) is 2.15. The van der Waals surface area contributed by atoms with Crippen molar-refractivity contribution in [1.29, 1.82) is 0 Å². The number of nitrogen functional groups attached to an aromatic ring is 1. The van der Waals surface area contributed by atoms with E-state index in [2.05, 4.69) is 48.4 Å². The molecule has 0 aromatic carbocycles. The van der Waals surface area contributed by atoms with E-state index in [1.165, 1.54) is 0 Å². The predicted molar refractivity (Wildman–Crippen MR) is 67.3 cm³/mol. The summed E-state index contributed by atoms with van der Waals surface area (Å²) in [5.74, 6) is 1.21. The van der Waals surface area contributed by atoms with Crippen LogP contribution in [0.2, 0.25) is 0 Å². The van der Waals surface area contributed by atoms with Gasteiger partial charge in [-0.1, -0.05) is 13.8 Å². The minimum Gasteiger partial charge on any atom is -0.382 e. The molecule has 0 saturated heterocycles. The van der Waals surface area contributed by atoms with Gasteiger partial charge in [0.25, 0.3) is 0 Å². The summed E-state index contributed by atoms with van der Waals surface area (Å²) in [6.45, 7) is 6.29. The van der Waals surface area contributed by atoms with Gasteiger partial charge in [-0.15, -0.1) is 10.2 Å². The Labute approximate surface area is 97.0 Å². The van der Waals surface area contributed by atoms with Crippen LogP contribution in [0.25, 0.3) is 0 Å². The molecule has 0 atom stereocenters. The fourth-order valence-electron chi connectivity index (χ4n) is 1.68. The summed E-state index contributed by atoms with van der Waals surface area (Å²) in [5, 5.41) is 11.0. The summed E-state index contributed by atoms with van der Waals surface area (Å²) in [7, 11) is 4.15. The highest BCUT2D eigenvalue weighted by Crippen LogP contribution is 2.16. The number of nitrogens with one attached hydrogen (secondary N) is 1. The molecule has 0 aliphatic heterocycles. The van der Waals surface area contributed by atoms with E-state index in [1.54, 1.807) is 6.07 Å². The largest absolute Gasteiger partial charge is 0.382 e. The Kier molecular flexibility index (Phi) is 4.06. The van der Waals surface area contributed by atoms with E-state index in [9.17, 15) is 0 Å². The molecule has 0 fully saturated rings. The molecule has 0 unspecified atom stereocenters. The van der Waals surface area contributed by atoms with Crippen molar-refractivity contribution in [3.8, 4) is 0 Å². The number of rotatable bonds is 5. The Morgan fingerprint density at radius 3 is 2.50 bits per heavy atom. The van der Waals surface area contributed by atoms with Gasteiger partial charge in [-0.05, 0) is 31.6 Å². The van der Waals surface area contributed by atoms with E-state index in [0.29, 0.717) is 5.82 Å². The highest BCUT2D eigenvalue weighted by atomic mass is 15.2. The second-order valence-corrected chi connectivity index (χ2v) is 5.10. The van der Waals surface area contributed by atoms with E-state index in [1.807, 2.05) is 6.07 Å². The van der Waals surface area contributed by atoms with E-state index < -0.39 is 0 Å². The lowest BCUT2D eigenvalue weighted by atomic mass is 9.93. The zero-order valence-corrected chi connectivity index (χ0v) is 10.5. The van der Waals surface area contributed by atoms with Crippen LogP contribution in [0.3, 0.4) is 0 Å². The quantitative estimate of drug-likeness (QED) is 0.781. The van der Waals surface area contributed by atoms with Crippen LogP contribution >= 0.6 is 0 Å². The smallest absolute Gasteiger partial charge is 0.148 e. The summed E-state index contributed by atoms with van der Waals surface area (Å²) >= 11 is 0. The summed E-state index contributed by atoms with van der Waals surface area (Å²) < 4.78 is 0. The van der Waals surface area contributed by atoms with Crippen LogP contribution in [0.5, 0.6) is 0 Å². The van der Waals surface area contributed by atoms with Gasteiger partial charge < -0.3 is 16.0 Å². The molecule has 3 N–H and O–H groups in total. The molecule has 0 spiro atoms. The number of hydrogen-bond donors (Lipinski definition) is 2. The molecule has 0 bridgehead atoms. The number of aromatic nitrogens is 2. The number of nitrogens with zero attached hydrogens (tertiary/aromatic N) is 3. The lowest BCUT2D eigenvalue weighted by molar-refractivity contribution is 0.254. The molecule has 1 rings (SSSR count). The van der Waals surface area contributed by atoms with Gasteiger partial charge in [0.15, 0.2) is 0 Å². The highest BCUT2D eigenvalue weighted by Gasteiger charge is 2.18. The Morgan fingerprint density at radius 1 is 1.31 bits per heavy atom. The Hall–Kier alpha value is -1.36. The van der Waals surface area contributed by atoms with E-state index in [4.69, 9.17) is 5.73 Å². The molecular formula is C11H21N5. The van der Waals surface area contributed by atoms with Crippen LogP contribution in [0, 0.1) is 5.41 Å². The molecule has 1 aromatic heterocycles. The molecule has 1 aromatic rings. The van der Waals surface area contributed by atoms with Crippen molar-refractivity contribution in [3.63, 3.8) is 0 Å². The Balaban J connectivity index is 2.47. The van der Waals surface area contributed by atoms with Crippen LogP contribution in [0.1, 0.15) is 13.8 Å². The van der Waals surface area contributed by atoms with Crippen molar-refractivity contribution in [3.05, 3.63) is 12.1 Å². The Bertz CT molecular complexity index is 318. The standard InChI is InChI=1S/C11H21N5/c1-11(2,8-16(3)4)7-13-10-6-5-9(12)14-15-10/h5-6H,7-8H2,1-4H3,(H2,12,14)(H,13,15). The summed E-state index contributed by atoms with van der Waals surface area (Å²) in [6.07, 6.45) is 0. The molecule has 0 radical (unpaired) electrons. The fourth-order valence-corrected chi connectivity index (χ4v) is 1.68. The van der Waals surface area contributed by atoms with Crippen molar-refractivity contribution in [1.82, 2.24) is 15.1 Å². The molecule has 1 heterocycles. The zero-order valence-electron chi connectivity index (χ0n) is 10.5. The number of hydrogen-bond acceptors (Lipinski definition) is 5. The molecule has 0 saturated carbocycles. The topological polar surface area (TPSA) is 67.1 Å². The first-order valence-electron chi connectivity index (χ1n) is 5.37. The van der Waals surface area contributed by atoms with Crippen LogP contribution in [-0.2, 0) is 0 Å².